The van der Waals surface area contributed by atoms with Crippen LogP contribution in [0.1, 0.15) is 59.3 Å². The molecule has 0 aliphatic heterocycles. The third-order valence-corrected chi connectivity index (χ3v) is 7.07. The van der Waals surface area contributed by atoms with Gasteiger partial charge in [-0.3, -0.25) is 4.79 Å². The molecule has 1 aliphatic rings. The third-order valence-electron chi connectivity index (χ3n) is 5.90. The SMILES string of the molecule is CC(C)(C)[C@@H]1CCc2c(sc(N=Cc3ccc(F)cc3)c2C(=O)NCc2ccco2)C1. The molecule has 2 aromatic heterocycles. The van der Waals surface area contributed by atoms with Gasteiger partial charge in [0.05, 0.1) is 18.4 Å². The van der Waals surface area contributed by atoms with Crippen molar-refractivity contribution >= 4 is 28.5 Å². The van der Waals surface area contributed by atoms with Crippen molar-refractivity contribution in [2.75, 3.05) is 0 Å². The highest BCUT2D eigenvalue weighted by atomic mass is 32.1. The van der Waals surface area contributed by atoms with Crippen molar-refractivity contribution in [3.63, 3.8) is 0 Å². The summed E-state index contributed by atoms with van der Waals surface area (Å²) in [5, 5.41) is 3.68. The molecule has 4 nitrogen and oxygen atoms in total. The second-order valence-electron chi connectivity index (χ2n) is 9.06. The molecule has 1 atom stereocenters. The zero-order valence-corrected chi connectivity index (χ0v) is 18.9. The molecular formula is C25H27FN2O2S. The number of nitrogens with zero attached hydrogens (tertiary/aromatic N) is 1. The van der Waals surface area contributed by atoms with Crippen molar-refractivity contribution in [1.82, 2.24) is 5.32 Å². The van der Waals surface area contributed by atoms with Gasteiger partial charge in [-0.15, -0.1) is 11.3 Å². The van der Waals surface area contributed by atoms with Crippen molar-refractivity contribution in [3.8, 4) is 0 Å². The van der Waals surface area contributed by atoms with Crippen molar-refractivity contribution in [3.05, 3.63) is 75.8 Å². The van der Waals surface area contributed by atoms with Crippen molar-refractivity contribution in [2.24, 2.45) is 16.3 Å². The number of thiophene rings is 1. The van der Waals surface area contributed by atoms with Crippen molar-refractivity contribution in [2.45, 2.75) is 46.6 Å². The Morgan fingerprint density at radius 2 is 2.06 bits per heavy atom. The number of fused-ring (bicyclic) bond motifs is 1. The summed E-state index contributed by atoms with van der Waals surface area (Å²) in [6.45, 7) is 7.17. The highest BCUT2D eigenvalue weighted by Gasteiger charge is 2.33. The molecule has 1 aliphatic carbocycles. The fraction of sp³-hybridized carbons (Fsp3) is 0.360. The number of amides is 1. The lowest BCUT2D eigenvalue weighted by Crippen LogP contribution is -2.28. The molecule has 0 unspecified atom stereocenters. The molecule has 0 spiro atoms. The minimum absolute atomic E-state index is 0.130. The lowest BCUT2D eigenvalue weighted by molar-refractivity contribution is 0.0947. The van der Waals surface area contributed by atoms with Crippen LogP contribution in [0.4, 0.5) is 9.39 Å². The molecule has 0 fully saturated rings. The Morgan fingerprint density at radius 1 is 1.29 bits per heavy atom. The maximum atomic E-state index is 13.2. The van der Waals surface area contributed by atoms with Crippen LogP contribution in [0.5, 0.6) is 0 Å². The number of furan rings is 1. The fourth-order valence-corrected chi connectivity index (χ4v) is 5.26. The molecule has 4 rings (SSSR count). The van der Waals surface area contributed by atoms with Crippen LogP contribution in [0.3, 0.4) is 0 Å². The lowest BCUT2D eigenvalue weighted by atomic mass is 9.72. The first kappa shape index (κ1) is 21.5. The van der Waals surface area contributed by atoms with Crippen molar-refractivity contribution < 1.29 is 13.6 Å². The van der Waals surface area contributed by atoms with E-state index in [4.69, 9.17) is 4.42 Å². The summed E-state index contributed by atoms with van der Waals surface area (Å²) >= 11 is 1.60. The molecule has 0 bridgehead atoms. The predicted octanol–water partition coefficient (Wildman–Crippen LogP) is 6.31. The molecule has 3 aromatic rings. The maximum absolute atomic E-state index is 13.2. The van der Waals surface area contributed by atoms with Crippen LogP contribution in [0.2, 0.25) is 0 Å². The maximum Gasteiger partial charge on any atom is 0.255 e. The second-order valence-corrected chi connectivity index (χ2v) is 10.1. The van der Waals surface area contributed by atoms with Crippen molar-refractivity contribution in [1.29, 1.82) is 0 Å². The number of halogens is 1. The summed E-state index contributed by atoms with van der Waals surface area (Å²) in [6, 6.07) is 9.82. The van der Waals surface area contributed by atoms with E-state index >= 15 is 0 Å². The lowest BCUT2D eigenvalue weighted by Gasteiger charge is -2.33. The Kier molecular flexibility index (Phi) is 6.10. The first-order valence-electron chi connectivity index (χ1n) is 10.6. The van der Waals surface area contributed by atoms with Crippen LogP contribution >= 0.6 is 11.3 Å². The quantitative estimate of drug-likeness (QED) is 0.475. The first-order valence-corrected chi connectivity index (χ1v) is 11.4. The normalized spacial score (nSPS) is 16.5. The monoisotopic (exact) mass is 438 g/mol. The van der Waals surface area contributed by atoms with Gasteiger partial charge in [0.1, 0.15) is 16.6 Å². The summed E-state index contributed by atoms with van der Waals surface area (Å²) in [7, 11) is 0. The molecule has 31 heavy (non-hydrogen) atoms. The number of aliphatic imine (C=N–C) groups is 1. The van der Waals surface area contributed by atoms with E-state index in [1.165, 1.54) is 17.0 Å². The van der Waals surface area contributed by atoms with Gasteiger partial charge < -0.3 is 9.73 Å². The molecule has 1 N–H and O–H groups in total. The number of nitrogens with one attached hydrogen (secondary N) is 1. The van der Waals surface area contributed by atoms with Gasteiger partial charge in [-0.05, 0) is 66.0 Å². The van der Waals surface area contributed by atoms with E-state index in [1.54, 1.807) is 42.0 Å². The average Bonchev–Trinajstić information content (AvgIpc) is 3.38. The van der Waals surface area contributed by atoms with Crippen LogP contribution in [0.25, 0.3) is 0 Å². The molecular weight excluding hydrogens is 411 g/mol. The van der Waals surface area contributed by atoms with Gasteiger partial charge in [-0.25, -0.2) is 9.38 Å². The minimum Gasteiger partial charge on any atom is -0.467 e. The molecule has 6 heteroatoms. The Hall–Kier alpha value is -2.73. The summed E-state index contributed by atoms with van der Waals surface area (Å²) in [4.78, 5) is 19.1. The number of hydrogen-bond donors (Lipinski definition) is 1. The van der Waals surface area contributed by atoms with E-state index in [0.717, 1.165) is 30.4 Å². The molecule has 1 aromatic carbocycles. The molecule has 0 saturated heterocycles. The molecule has 162 valence electrons. The van der Waals surface area contributed by atoms with E-state index in [0.29, 0.717) is 28.8 Å². The number of carbonyl (C=O) groups is 1. The second kappa shape index (κ2) is 8.79. The van der Waals surface area contributed by atoms with Crippen LogP contribution < -0.4 is 5.32 Å². The minimum atomic E-state index is -0.282. The average molecular weight is 439 g/mol. The molecule has 0 saturated carbocycles. The van der Waals surface area contributed by atoms with E-state index in [-0.39, 0.29) is 17.1 Å². The highest BCUT2D eigenvalue weighted by molar-refractivity contribution is 7.16. The molecule has 2 heterocycles. The zero-order valence-electron chi connectivity index (χ0n) is 18.1. The summed E-state index contributed by atoms with van der Waals surface area (Å²) in [5.74, 6) is 0.873. The van der Waals surface area contributed by atoms with Gasteiger partial charge in [-0.2, -0.15) is 0 Å². The molecule has 1 amide bonds. The molecule has 0 radical (unpaired) electrons. The Labute approximate surface area is 186 Å². The first-order chi connectivity index (χ1) is 14.8. The highest BCUT2D eigenvalue weighted by Crippen LogP contribution is 2.45. The van der Waals surface area contributed by atoms with Crippen LogP contribution in [-0.2, 0) is 19.4 Å². The van der Waals surface area contributed by atoms with Crippen LogP contribution in [0.15, 0.2) is 52.1 Å². The third kappa shape index (κ3) is 4.96. The fourth-order valence-electron chi connectivity index (χ4n) is 3.99. The topological polar surface area (TPSA) is 54.6 Å². The number of hydrogen-bond acceptors (Lipinski definition) is 4. The van der Waals surface area contributed by atoms with Gasteiger partial charge in [0.15, 0.2) is 0 Å². The van der Waals surface area contributed by atoms with Gasteiger partial charge >= 0.3 is 0 Å². The van der Waals surface area contributed by atoms with E-state index < -0.39 is 0 Å². The van der Waals surface area contributed by atoms with Gasteiger partial charge in [0.2, 0.25) is 0 Å². The van der Waals surface area contributed by atoms with Gasteiger partial charge in [-0.1, -0.05) is 32.9 Å². The van der Waals surface area contributed by atoms with E-state index in [1.807, 2.05) is 6.07 Å². The number of carbonyl (C=O) groups excluding carboxylic acids is 1. The van der Waals surface area contributed by atoms with E-state index in [9.17, 15) is 9.18 Å². The Bertz CT molecular complexity index is 1080. The van der Waals surface area contributed by atoms with Gasteiger partial charge in [0.25, 0.3) is 5.91 Å². The summed E-state index contributed by atoms with van der Waals surface area (Å²) in [5.41, 5.74) is 2.80. The zero-order chi connectivity index (χ0) is 22.0. The summed E-state index contributed by atoms with van der Waals surface area (Å²) < 4.78 is 18.5. The number of rotatable bonds is 5. The van der Waals surface area contributed by atoms with Crippen LogP contribution in [0, 0.1) is 17.2 Å². The van der Waals surface area contributed by atoms with Gasteiger partial charge in [0, 0.05) is 11.1 Å². The summed E-state index contributed by atoms with van der Waals surface area (Å²) in [6.07, 6.45) is 6.20. The standard InChI is InChI=1S/C25H27FN2O2S/c1-25(2,3)17-8-11-20-21(13-17)31-24(28-14-16-6-9-18(26)10-7-16)22(20)23(29)27-15-19-5-4-12-30-19/h4-7,9-10,12,14,17H,8,11,13,15H2,1-3H3,(H,27,29)/t17-/m1/s1. The smallest absolute Gasteiger partial charge is 0.255 e. The Balaban J connectivity index is 1.64. The Morgan fingerprint density at radius 3 is 2.74 bits per heavy atom. The largest absolute Gasteiger partial charge is 0.467 e. The number of benzene rings is 1. The predicted molar refractivity (Wildman–Crippen MR) is 123 cm³/mol. The van der Waals surface area contributed by atoms with Crippen LogP contribution in [-0.4, -0.2) is 12.1 Å². The van der Waals surface area contributed by atoms with E-state index in [2.05, 4.69) is 31.1 Å².